The fourth-order valence-corrected chi connectivity index (χ4v) is 4.99. The van der Waals surface area contributed by atoms with E-state index in [1.54, 1.807) is 17.8 Å². The second-order valence-electron chi connectivity index (χ2n) is 8.47. The normalized spacial score (nSPS) is 15.5. The Balaban J connectivity index is 1.45. The molecule has 1 amide bonds. The molecule has 1 saturated heterocycles. The van der Waals surface area contributed by atoms with Gasteiger partial charge in [-0.15, -0.1) is 11.3 Å². The van der Waals surface area contributed by atoms with Gasteiger partial charge in [0.25, 0.3) is 5.91 Å². The average Bonchev–Trinajstić information content (AvgIpc) is 3.42. The molecular formula is C27H27N5O3S. The van der Waals surface area contributed by atoms with Crippen molar-refractivity contribution in [2.75, 3.05) is 29.9 Å². The van der Waals surface area contributed by atoms with Gasteiger partial charge in [-0.3, -0.25) is 4.79 Å². The van der Waals surface area contributed by atoms with Crippen molar-refractivity contribution in [1.82, 2.24) is 15.2 Å². The van der Waals surface area contributed by atoms with Gasteiger partial charge in [0, 0.05) is 29.6 Å². The van der Waals surface area contributed by atoms with Gasteiger partial charge in [0.05, 0.1) is 36.5 Å². The van der Waals surface area contributed by atoms with Crippen molar-refractivity contribution in [3.8, 4) is 22.1 Å². The number of benzene rings is 2. The summed E-state index contributed by atoms with van der Waals surface area (Å²) in [6, 6.07) is 15.3. The van der Waals surface area contributed by atoms with Gasteiger partial charge in [-0.1, -0.05) is 25.1 Å². The van der Waals surface area contributed by atoms with Gasteiger partial charge in [-0.2, -0.15) is 10.2 Å². The summed E-state index contributed by atoms with van der Waals surface area (Å²) in [5, 5.41) is 13.3. The Kier molecular flexibility index (Phi) is 7.20. The lowest BCUT2D eigenvalue weighted by atomic mass is 10.1. The fourth-order valence-electron chi connectivity index (χ4n) is 4.20. The molecule has 4 aromatic rings. The zero-order valence-electron chi connectivity index (χ0n) is 20.2. The third-order valence-electron chi connectivity index (χ3n) is 6.08. The number of thiazole rings is 1. The SMILES string of the molecule is CC[C@H]1CN(c2c(NC(=O)c3csc(-c4ccnnc4)n3)ccc(Oc3ccccc3)c2C)CCO1. The number of hydrogen-bond donors (Lipinski definition) is 1. The molecule has 3 heterocycles. The number of ether oxygens (including phenoxy) is 2. The maximum Gasteiger partial charge on any atom is 0.275 e. The van der Waals surface area contributed by atoms with Gasteiger partial charge in [-0.05, 0) is 43.7 Å². The quantitative estimate of drug-likeness (QED) is 0.354. The van der Waals surface area contributed by atoms with E-state index in [9.17, 15) is 4.79 Å². The smallest absolute Gasteiger partial charge is 0.275 e. The molecule has 0 saturated carbocycles. The van der Waals surface area contributed by atoms with Gasteiger partial charge in [0.1, 0.15) is 22.2 Å². The lowest BCUT2D eigenvalue weighted by Gasteiger charge is -2.36. The van der Waals surface area contributed by atoms with Crippen LogP contribution < -0.4 is 15.0 Å². The summed E-state index contributed by atoms with van der Waals surface area (Å²) in [7, 11) is 0. The molecule has 2 aromatic carbocycles. The number of carbonyl (C=O) groups excluding carboxylic acids is 1. The molecule has 1 fully saturated rings. The topological polar surface area (TPSA) is 89.5 Å². The van der Waals surface area contributed by atoms with Crippen LogP contribution in [0.3, 0.4) is 0 Å². The fraction of sp³-hybridized carbons (Fsp3) is 0.259. The molecule has 0 radical (unpaired) electrons. The van der Waals surface area contributed by atoms with Gasteiger partial charge >= 0.3 is 0 Å². The van der Waals surface area contributed by atoms with Crippen molar-refractivity contribution < 1.29 is 14.3 Å². The van der Waals surface area contributed by atoms with Crippen molar-refractivity contribution in [3.05, 3.63) is 77.6 Å². The van der Waals surface area contributed by atoms with Crippen LogP contribution in [-0.2, 0) is 4.74 Å². The number of hydrogen-bond acceptors (Lipinski definition) is 8. The van der Waals surface area contributed by atoms with E-state index in [1.807, 2.05) is 55.5 Å². The van der Waals surface area contributed by atoms with Crippen molar-refractivity contribution in [2.45, 2.75) is 26.4 Å². The highest BCUT2D eigenvalue weighted by molar-refractivity contribution is 7.13. The Morgan fingerprint density at radius 1 is 1.19 bits per heavy atom. The number of amides is 1. The largest absolute Gasteiger partial charge is 0.457 e. The average molecular weight is 502 g/mol. The van der Waals surface area contributed by atoms with Crippen LogP contribution in [0.2, 0.25) is 0 Å². The Morgan fingerprint density at radius 3 is 2.83 bits per heavy atom. The standard InChI is InChI=1S/C27H27N5O3S/c1-3-20-16-32(13-14-34-20)25-18(2)24(35-21-7-5-4-6-8-21)10-9-22(25)30-26(33)23-17-36-27(31-23)19-11-12-28-29-15-19/h4-12,15,17,20H,3,13-14,16H2,1-2H3,(H,30,33)/t20-/m0/s1. The number of nitrogens with one attached hydrogen (secondary N) is 1. The first-order chi connectivity index (χ1) is 17.6. The summed E-state index contributed by atoms with van der Waals surface area (Å²) in [6.07, 6.45) is 4.30. The Hall–Kier alpha value is -3.82. The molecule has 0 unspecified atom stereocenters. The maximum absolute atomic E-state index is 13.2. The summed E-state index contributed by atoms with van der Waals surface area (Å²) in [6.45, 7) is 6.24. The number of nitrogens with zero attached hydrogens (tertiary/aromatic N) is 4. The van der Waals surface area contributed by atoms with E-state index in [-0.39, 0.29) is 12.0 Å². The first kappa shape index (κ1) is 23.9. The summed E-state index contributed by atoms with van der Waals surface area (Å²) >= 11 is 1.40. The second-order valence-corrected chi connectivity index (χ2v) is 9.33. The van der Waals surface area contributed by atoms with Crippen molar-refractivity contribution in [3.63, 3.8) is 0 Å². The number of anilines is 2. The van der Waals surface area contributed by atoms with E-state index in [1.165, 1.54) is 11.3 Å². The van der Waals surface area contributed by atoms with E-state index < -0.39 is 0 Å². The van der Waals surface area contributed by atoms with Crippen LogP contribution >= 0.6 is 11.3 Å². The minimum absolute atomic E-state index is 0.135. The summed E-state index contributed by atoms with van der Waals surface area (Å²) in [4.78, 5) is 20.0. The highest BCUT2D eigenvalue weighted by Gasteiger charge is 2.25. The molecule has 1 aliphatic heterocycles. The first-order valence-corrected chi connectivity index (χ1v) is 12.8. The molecule has 0 aliphatic carbocycles. The molecule has 9 heteroatoms. The predicted octanol–water partition coefficient (Wildman–Crippen LogP) is 5.57. The van der Waals surface area contributed by atoms with Crippen LogP contribution in [0, 0.1) is 6.92 Å². The van der Waals surface area contributed by atoms with Gasteiger partial charge < -0.3 is 19.7 Å². The molecule has 184 valence electrons. The van der Waals surface area contributed by atoms with Crippen molar-refractivity contribution in [1.29, 1.82) is 0 Å². The summed E-state index contributed by atoms with van der Waals surface area (Å²) in [5.74, 6) is 1.24. The Morgan fingerprint density at radius 2 is 2.06 bits per heavy atom. The Bertz CT molecular complexity index is 1330. The van der Waals surface area contributed by atoms with E-state index in [0.29, 0.717) is 12.3 Å². The van der Waals surface area contributed by atoms with E-state index in [2.05, 4.69) is 32.3 Å². The minimum Gasteiger partial charge on any atom is -0.457 e. The monoisotopic (exact) mass is 501 g/mol. The van der Waals surface area contributed by atoms with Crippen LogP contribution in [0.1, 0.15) is 29.4 Å². The molecule has 2 aromatic heterocycles. The third-order valence-corrected chi connectivity index (χ3v) is 6.97. The van der Waals surface area contributed by atoms with Crippen molar-refractivity contribution >= 4 is 28.6 Å². The molecule has 8 nitrogen and oxygen atoms in total. The maximum atomic E-state index is 13.2. The summed E-state index contributed by atoms with van der Waals surface area (Å²) < 4.78 is 12.1. The minimum atomic E-state index is -0.266. The zero-order valence-corrected chi connectivity index (χ0v) is 21.0. The molecule has 1 aliphatic rings. The lowest BCUT2D eigenvalue weighted by Crippen LogP contribution is -2.43. The van der Waals surface area contributed by atoms with Crippen LogP contribution in [0.5, 0.6) is 11.5 Å². The number of para-hydroxylation sites is 1. The van der Waals surface area contributed by atoms with E-state index >= 15 is 0 Å². The molecule has 0 bridgehead atoms. The van der Waals surface area contributed by atoms with E-state index in [0.717, 1.165) is 58.5 Å². The third kappa shape index (κ3) is 5.22. The molecule has 1 N–H and O–H groups in total. The van der Waals surface area contributed by atoms with Gasteiger partial charge in [0.15, 0.2) is 0 Å². The zero-order chi connectivity index (χ0) is 24.9. The van der Waals surface area contributed by atoms with Crippen LogP contribution in [0.15, 0.2) is 66.3 Å². The number of carbonyl (C=O) groups is 1. The lowest BCUT2D eigenvalue weighted by molar-refractivity contribution is 0.0384. The highest BCUT2D eigenvalue weighted by atomic mass is 32.1. The van der Waals surface area contributed by atoms with Crippen LogP contribution in [0.4, 0.5) is 11.4 Å². The summed E-state index contributed by atoms with van der Waals surface area (Å²) in [5.41, 5.74) is 3.79. The first-order valence-electron chi connectivity index (χ1n) is 11.9. The number of rotatable bonds is 7. The molecule has 1 atom stereocenters. The van der Waals surface area contributed by atoms with Crippen molar-refractivity contribution in [2.24, 2.45) is 0 Å². The molecule has 5 rings (SSSR count). The highest BCUT2D eigenvalue weighted by Crippen LogP contribution is 2.39. The molecule has 36 heavy (non-hydrogen) atoms. The number of aromatic nitrogens is 3. The van der Waals surface area contributed by atoms with Gasteiger partial charge in [-0.25, -0.2) is 4.98 Å². The predicted molar refractivity (Wildman–Crippen MR) is 141 cm³/mol. The second kappa shape index (κ2) is 10.8. The van der Waals surface area contributed by atoms with Gasteiger partial charge in [0.2, 0.25) is 0 Å². The Labute approximate surface area is 213 Å². The molecule has 0 spiro atoms. The van der Waals surface area contributed by atoms with Crippen LogP contribution in [-0.4, -0.2) is 46.9 Å². The number of morpholine rings is 1. The van der Waals surface area contributed by atoms with E-state index in [4.69, 9.17) is 9.47 Å². The van der Waals surface area contributed by atoms with Crippen LogP contribution in [0.25, 0.3) is 10.6 Å². The molecular weight excluding hydrogens is 474 g/mol.